The molecule has 0 saturated carbocycles. The normalized spacial score (nSPS) is 13.5. The van der Waals surface area contributed by atoms with Gasteiger partial charge in [0.2, 0.25) is 0 Å². The van der Waals surface area contributed by atoms with Crippen LogP contribution in [-0.2, 0) is 0 Å². The third-order valence-corrected chi connectivity index (χ3v) is 3.49. The Balaban J connectivity index is 2.16. The van der Waals surface area contributed by atoms with Crippen LogP contribution in [0.15, 0.2) is 36.4 Å². The van der Waals surface area contributed by atoms with Crippen LogP contribution in [0.2, 0.25) is 0 Å². The molecule has 2 aromatic rings. The Morgan fingerprint density at radius 1 is 1.00 bits per heavy atom. The standard InChI is InChI=1S/C16H14N2O3/c1-9-3-5-11-12(7-9)16(20)18(15(11)19)13-8-10(17)4-6-14(13)21-2/h3-8H,17H2,1-2H3. The number of amides is 2. The van der Waals surface area contributed by atoms with Crippen molar-refractivity contribution in [2.45, 2.75) is 6.92 Å². The van der Waals surface area contributed by atoms with Gasteiger partial charge in [0.05, 0.1) is 23.9 Å². The highest BCUT2D eigenvalue weighted by atomic mass is 16.5. The van der Waals surface area contributed by atoms with Gasteiger partial charge in [-0.3, -0.25) is 9.59 Å². The second kappa shape index (κ2) is 4.63. The number of aryl methyl sites for hydroxylation is 1. The van der Waals surface area contributed by atoms with Crippen LogP contribution in [0.3, 0.4) is 0 Å². The summed E-state index contributed by atoms with van der Waals surface area (Å²) in [7, 11) is 1.48. The molecular weight excluding hydrogens is 268 g/mol. The molecule has 0 atom stereocenters. The number of rotatable bonds is 2. The van der Waals surface area contributed by atoms with Gasteiger partial charge in [0, 0.05) is 5.69 Å². The van der Waals surface area contributed by atoms with E-state index in [4.69, 9.17) is 10.5 Å². The monoisotopic (exact) mass is 282 g/mol. The summed E-state index contributed by atoms with van der Waals surface area (Å²) in [5.41, 5.74) is 8.32. The number of carbonyl (C=O) groups is 2. The van der Waals surface area contributed by atoms with E-state index in [1.807, 2.05) is 13.0 Å². The first-order valence-electron chi connectivity index (χ1n) is 6.46. The van der Waals surface area contributed by atoms with Crippen molar-refractivity contribution in [3.05, 3.63) is 53.1 Å². The van der Waals surface area contributed by atoms with Gasteiger partial charge in [-0.15, -0.1) is 0 Å². The highest BCUT2D eigenvalue weighted by Crippen LogP contribution is 2.36. The van der Waals surface area contributed by atoms with Gasteiger partial charge in [-0.2, -0.15) is 0 Å². The zero-order valence-corrected chi connectivity index (χ0v) is 11.7. The summed E-state index contributed by atoms with van der Waals surface area (Å²) >= 11 is 0. The smallest absolute Gasteiger partial charge is 0.266 e. The number of carbonyl (C=O) groups excluding carboxylic acids is 2. The lowest BCUT2D eigenvalue weighted by Crippen LogP contribution is -2.29. The van der Waals surface area contributed by atoms with Gasteiger partial charge in [0.15, 0.2) is 0 Å². The number of methoxy groups -OCH3 is 1. The van der Waals surface area contributed by atoms with Crippen molar-refractivity contribution in [1.82, 2.24) is 0 Å². The summed E-state index contributed by atoms with van der Waals surface area (Å²) in [5, 5.41) is 0. The van der Waals surface area contributed by atoms with E-state index in [0.29, 0.717) is 28.3 Å². The fourth-order valence-electron chi connectivity index (χ4n) is 2.46. The van der Waals surface area contributed by atoms with Crippen LogP contribution in [0.5, 0.6) is 5.75 Å². The van der Waals surface area contributed by atoms with E-state index in [-0.39, 0.29) is 11.8 Å². The molecule has 0 saturated heterocycles. The van der Waals surface area contributed by atoms with E-state index >= 15 is 0 Å². The summed E-state index contributed by atoms with van der Waals surface area (Å²) < 4.78 is 5.23. The molecule has 106 valence electrons. The van der Waals surface area contributed by atoms with Crippen LogP contribution < -0.4 is 15.4 Å². The molecule has 0 unspecified atom stereocenters. The Bertz CT molecular complexity index is 768. The van der Waals surface area contributed by atoms with Gasteiger partial charge < -0.3 is 10.5 Å². The van der Waals surface area contributed by atoms with Crippen LogP contribution in [0.1, 0.15) is 26.3 Å². The van der Waals surface area contributed by atoms with Crippen molar-refractivity contribution in [2.24, 2.45) is 0 Å². The minimum atomic E-state index is -0.362. The number of hydrogen-bond acceptors (Lipinski definition) is 4. The minimum Gasteiger partial charge on any atom is -0.495 e. The molecule has 2 amide bonds. The van der Waals surface area contributed by atoms with Gasteiger partial charge in [-0.25, -0.2) is 4.90 Å². The van der Waals surface area contributed by atoms with Crippen LogP contribution >= 0.6 is 0 Å². The van der Waals surface area contributed by atoms with Gasteiger partial charge in [0.25, 0.3) is 11.8 Å². The number of nitrogens with two attached hydrogens (primary N) is 1. The topological polar surface area (TPSA) is 72.6 Å². The van der Waals surface area contributed by atoms with Gasteiger partial charge in [-0.1, -0.05) is 11.6 Å². The molecule has 5 heteroatoms. The quantitative estimate of drug-likeness (QED) is 0.678. The molecule has 0 radical (unpaired) electrons. The molecule has 0 aliphatic carbocycles. The first-order chi connectivity index (χ1) is 10.0. The third kappa shape index (κ3) is 1.94. The van der Waals surface area contributed by atoms with Gasteiger partial charge >= 0.3 is 0 Å². The van der Waals surface area contributed by atoms with Crippen molar-refractivity contribution < 1.29 is 14.3 Å². The Morgan fingerprint density at radius 2 is 1.71 bits per heavy atom. The van der Waals surface area contributed by atoms with E-state index in [2.05, 4.69) is 0 Å². The molecule has 0 spiro atoms. The van der Waals surface area contributed by atoms with Crippen molar-refractivity contribution in [2.75, 3.05) is 17.7 Å². The first-order valence-corrected chi connectivity index (χ1v) is 6.46. The molecule has 2 N–H and O–H groups in total. The number of fused-ring (bicyclic) bond motifs is 1. The number of imide groups is 1. The molecule has 3 rings (SSSR count). The van der Waals surface area contributed by atoms with Gasteiger partial charge in [0.1, 0.15) is 5.75 Å². The largest absolute Gasteiger partial charge is 0.495 e. The molecule has 0 bridgehead atoms. The maximum atomic E-state index is 12.5. The number of nitrogens with zero attached hydrogens (tertiary/aromatic N) is 1. The number of benzene rings is 2. The summed E-state index contributed by atoms with van der Waals surface area (Å²) in [4.78, 5) is 26.2. The van der Waals surface area contributed by atoms with E-state index in [0.717, 1.165) is 10.5 Å². The van der Waals surface area contributed by atoms with Crippen LogP contribution in [0, 0.1) is 6.92 Å². The minimum absolute atomic E-state index is 0.359. The summed E-state index contributed by atoms with van der Waals surface area (Å²) in [6, 6.07) is 10.1. The number of ether oxygens (including phenoxy) is 1. The summed E-state index contributed by atoms with van der Waals surface area (Å²) in [5.74, 6) is -0.295. The predicted molar refractivity (Wildman–Crippen MR) is 79.7 cm³/mol. The number of anilines is 2. The molecule has 1 aliphatic rings. The molecule has 1 aliphatic heterocycles. The second-order valence-electron chi connectivity index (χ2n) is 4.93. The fraction of sp³-hybridized carbons (Fsp3) is 0.125. The average molecular weight is 282 g/mol. The molecular formula is C16H14N2O3. The summed E-state index contributed by atoms with van der Waals surface area (Å²) in [6.45, 7) is 1.88. The van der Waals surface area contributed by atoms with E-state index < -0.39 is 0 Å². The summed E-state index contributed by atoms with van der Waals surface area (Å²) in [6.07, 6.45) is 0. The number of nitrogen functional groups attached to an aromatic ring is 1. The maximum Gasteiger partial charge on any atom is 0.266 e. The molecule has 1 heterocycles. The molecule has 2 aromatic carbocycles. The van der Waals surface area contributed by atoms with Crippen LogP contribution in [0.4, 0.5) is 11.4 Å². The highest BCUT2D eigenvalue weighted by Gasteiger charge is 2.38. The molecule has 21 heavy (non-hydrogen) atoms. The average Bonchev–Trinajstić information content (AvgIpc) is 2.70. The van der Waals surface area contributed by atoms with Crippen LogP contribution in [0.25, 0.3) is 0 Å². The first kappa shape index (κ1) is 13.2. The van der Waals surface area contributed by atoms with E-state index in [1.54, 1.807) is 30.3 Å². The lowest BCUT2D eigenvalue weighted by molar-refractivity contribution is 0.0925. The predicted octanol–water partition coefficient (Wildman–Crippen LogP) is 2.39. The number of hydrogen-bond donors (Lipinski definition) is 1. The maximum absolute atomic E-state index is 12.5. The van der Waals surface area contributed by atoms with Gasteiger partial charge in [-0.05, 0) is 37.3 Å². The Hall–Kier alpha value is -2.82. The van der Waals surface area contributed by atoms with E-state index in [9.17, 15) is 9.59 Å². The SMILES string of the molecule is COc1ccc(N)cc1N1C(=O)c2ccc(C)cc2C1=O. The fourth-order valence-corrected chi connectivity index (χ4v) is 2.46. The van der Waals surface area contributed by atoms with Crippen molar-refractivity contribution in [1.29, 1.82) is 0 Å². The second-order valence-corrected chi connectivity index (χ2v) is 4.93. The van der Waals surface area contributed by atoms with E-state index in [1.165, 1.54) is 7.11 Å². The lowest BCUT2D eigenvalue weighted by atomic mass is 10.1. The Labute approximate surface area is 121 Å². The molecule has 5 nitrogen and oxygen atoms in total. The third-order valence-electron chi connectivity index (χ3n) is 3.49. The van der Waals surface area contributed by atoms with Crippen molar-refractivity contribution in [3.63, 3.8) is 0 Å². The highest BCUT2D eigenvalue weighted by molar-refractivity contribution is 6.35. The van der Waals surface area contributed by atoms with Crippen molar-refractivity contribution >= 4 is 23.2 Å². The lowest BCUT2D eigenvalue weighted by Gasteiger charge is -2.17. The molecule has 0 aromatic heterocycles. The van der Waals surface area contributed by atoms with Crippen LogP contribution in [-0.4, -0.2) is 18.9 Å². The zero-order valence-electron chi connectivity index (χ0n) is 11.7. The molecule has 0 fully saturated rings. The van der Waals surface area contributed by atoms with Crippen molar-refractivity contribution in [3.8, 4) is 5.75 Å². The Kier molecular flexibility index (Phi) is 2.90. The Morgan fingerprint density at radius 3 is 2.43 bits per heavy atom. The zero-order chi connectivity index (χ0) is 15.1.